The maximum atomic E-state index is 14.9. The summed E-state index contributed by atoms with van der Waals surface area (Å²) in [5, 5.41) is 9.34. The van der Waals surface area contributed by atoms with Gasteiger partial charge in [-0.3, -0.25) is 4.79 Å². The number of rotatable bonds is 9. The summed E-state index contributed by atoms with van der Waals surface area (Å²) in [7, 11) is 0. The average Bonchev–Trinajstić information content (AvgIpc) is 2.70. The van der Waals surface area contributed by atoms with Crippen molar-refractivity contribution in [2.24, 2.45) is 5.92 Å². The van der Waals surface area contributed by atoms with Crippen LogP contribution in [0.5, 0.6) is 11.5 Å². The van der Waals surface area contributed by atoms with Gasteiger partial charge in [-0.25, -0.2) is 8.78 Å². The van der Waals surface area contributed by atoms with Crippen LogP contribution in [0.2, 0.25) is 0 Å². The largest absolute Gasteiger partial charge is 0.487 e. The van der Waals surface area contributed by atoms with Gasteiger partial charge in [-0.2, -0.15) is 0 Å². The molecule has 3 rings (SSSR count). The summed E-state index contributed by atoms with van der Waals surface area (Å²) in [5.74, 6) is -3.30. The summed E-state index contributed by atoms with van der Waals surface area (Å²) in [6.07, 6.45) is 3.55. The van der Waals surface area contributed by atoms with Crippen LogP contribution in [0, 0.1) is 16.0 Å². The Balaban J connectivity index is 1.99. The Morgan fingerprint density at radius 3 is 2.76 bits per heavy atom. The number of fused-ring (bicyclic) bond motifs is 3. The van der Waals surface area contributed by atoms with E-state index in [1.54, 1.807) is 6.92 Å². The molecule has 2 unspecified atom stereocenters. The van der Waals surface area contributed by atoms with Crippen molar-refractivity contribution in [2.45, 2.75) is 83.7 Å². The molecule has 7 nitrogen and oxygen atoms in total. The summed E-state index contributed by atoms with van der Waals surface area (Å²) >= 11 is 0. The first kappa shape index (κ1) is 24.9. The van der Waals surface area contributed by atoms with Crippen molar-refractivity contribution >= 4 is 5.97 Å². The van der Waals surface area contributed by atoms with Crippen molar-refractivity contribution in [1.82, 2.24) is 0 Å². The highest BCUT2D eigenvalue weighted by Gasteiger charge is 2.47. The van der Waals surface area contributed by atoms with E-state index in [4.69, 9.17) is 9.47 Å². The van der Waals surface area contributed by atoms with Gasteiger partial charge in [0.15, 0.2) is 0 Å². The number of ether oxygens (including phenoxy) is 2. The zero-order valence-corrected chi connectivity index (χ0v) is 19.5. The molecule has 0 amide bonds. The summed E-state index contributed by atoms with van der Waals surface area (Å²) in [6, 6.07) is 2.64. The molecular weight excluding hydrogens is 436 g/mol. The number of nitrogens with zero attached hydrogens (tertiary/aromatic N) is 1. The van der Waals surface area contributed by atoms with Gasteiger partial charge < -0.3 is 14.3 Å². The van der Waals surface area contributed by atoms with E-state index in [0.717, 1.165) is 12.8 Å². The van der Waals surface area contributed by atoms with Crippen LogP contribution in [0.1, 0.15) is 83.3 Å². The van der Waals surface area contributed by atoms with Gasteiger partial charge in [-0.15, -0.1) is 10.1 Å². The van der Waals surface area contributed by atoms with E-state index in [2.05, 4.69) is 10.9 Å². The Labute approximate surface area is 192 Å². The predicted octanol–water partition coefficient (Wildman–Crippen LogP) is 6.08. The fourth-order valence-corrected chi connectivity index (χ4v) is 4.83. The van der Waals surface area contributed by atoms with E-state index in [1.807, 2.05) is 20.8 Å². The molecule has 0 saturated heterocycles. The zero-order chi connectivity index (χ0) is 24.4. The van der Waals surface area contributed by atoms with Gasteiger partial charge >= 0.3 is 5.97 Å². The lowest BCUT2D eigenvalue weighted by Crippen LogP contribution is -2.45. The first-order chi connectivity index (χ1) is 15.4. The Hall–Kier alpha value is -2.71. The lowest BCUT2D eigenvalue weighted by Gasteiger charge is -2.47. The molecule has 2 aliphatic rings. The number of hydrogen-bond donors (Lipinski definition) is 0. The van der Waals surface area contributed by atoms with Gasteiger partial charge in [-0.1, -0.05) is 25.0 Å². The van der Waals surface area contributed by atoms with E-state index < -0.39 is 22.6 Å². The Morgan fingerprint density at radius 1 is 1.36 bits per heavy atom. The van der Waals surface area contributed by atoms with Crippen LogP contribution in [-0.2, 0) is 15.6 Å². The molecule has 1 aromatic rings. The fourth-order valence-electron chi connectivity index (χ4n) is 4.83. The molecule has 1 aliphatic carbocycles. The number of allylic oxidation sites excluding steroid dienone is 2. The van der Waals surface area contributed by atoms with Gasteiger partial charge in [0.2, 0.25) is 0 Å². The third-order valence-corrected chi connectivity index (χ3v) is 6.42. The van der Waals surface area contributed by atoms with Crippen molar-refractivity contribution in [1.29, 1.82) is 0 Å². The van der Waals surface area contributed by atoms with E-state index in [9.17, 15) is 23.7 Å². The van der Waals surface area contributed by atoms with Crippen LogP contribution < -0.4 is 9.47 Å². The first-order valence-corrected chi connectivity index (χ1v) is 11.3. The highest BCUT2D eigenvalue weighted by Crippen LogP contribution is 2.55. The molecule has 0 fully saturated rings. The normalized spacial score (nSPS) is 21.2. The second-order valence-electron chi connectivity index (χ2n) is 9.38. The van der Waals surface area contributed by atoms with Crippen LogP contribution >= 0.6 is 0 Å². The molecule has 0 bridgehead atoms. The summed E-state index contributed by atoms with van der Waals surface area (Å²) in [5.41, 5.74) is 1.00. The molecule has 1 heterocycles. The number of esters is 1. The maximum Gasteiger partial charge on any atom is 0.311 e. The van der Waals surface area contributed by atoms with Gasteiger partial charge in [-0.05, 0) is 52.2 Å². The fraction of sp³-hybridized carbons (Fsp3) is 0.625. The third-order valence-electron chi connectivity index (χ3n) is 6.42. The van der Waals surface area contributed by atoms with E-state index >= 15 is 0 Å². The predicted molar refractivity (Wildman–Crippen MR) is 117 cm³/mol. The Kier molecular flexibility index (Phi) is 7.29. The van der Waals surface area contributed by atoms with Crippen molar-refractivity contribution in [3.05, 3.63) is 45.0 Å². The van der Waals surface area contributed by atoms with E-state index in [0.29, 0.717) is 11.3 Å². The highest BCUT2D eigenvalue weighted by atomic mass is 19.3. The van der Waals surface area contributed by atoms with Crippen LogP contribution in [0.15, 0.2) is 23.8 Å². The van der Waals surface area contributed by atoms with Crippen molar-refractivity contribution in [3.63, 3.8) is 0 Å². The van der Waals surface area contributed by atoms with E-state index in [1.165, 1.54) is 17.7 Å². The lowest BCUT2D eigenvalue weighted by molar-refractivity contribution is -0.757. The summed E-state index contributed by atoms with van der Waals surface area (Å²) in [4.78, 5) is 27.0. The Morgan fingerprint density at radius 2 is 2.09 bits per heavy atom. The van der Waals surface area contributed by atoms with Crippen molar-refractivity contribution in [3.8, 4) is 11.5 Å². The molecule has 9 heteroatoms. The molecule has 0 radical (unpaired) electrons. The Bertz CT molecular complexity index is 943. The van der Waals surface area contributed by atoms with Crippen molar-refractivity contribution < 1.29 is 33.0 Å². The quantitative estimate of drug-likeness (QED) is 0.109. The van der Waals surface area contributed by atoms with E-state index in [-0.39, 0.29) is 55.4 Å². The topological polar surface area (TPSA) is 87.9 Å². The summed E-state index contributed by atoms with van der Waals surface area (Å²) < 4.78 is 41.6. The van der Waals surface area contributed by atoms with Crippen LogP contribution in [0.4, 0.5) is 8.78 Å². The standard InChI is InChI=1S/C24H31F2NO6/c1-5-10-24(25,26)16-13-19(32-21(28)7-6-11-31-27(29)30)22-17-12-15(2)8-9-18(17)23(3,4)33-20(22)14-16/h8,13-14,17-18H,5-7,9-12H2,1-4H3. The molecule has 1 aliphatic heterocycles. The monoisotopic (exact) mass is 467 g/mol. The minimum absolute atomic E-state index is 0.0387. The lowest BCUT2D eigenvalue weighted by atomic mass is 9.67. The summed E-state index contributed by atoms with van der Waals surface area (Å²) in [6.45, 7) is 7.38. The number of hydrogen-bond acceptors (Lipinski definition) is 6. The highest BCUT2D eigenvalue weighted by molar-refractivity contribution is 5.73. The second kappa shape index (κ2) is 9.65. The molecular formula is C24H31F2NO6. The van der Waals surface area contributed by atoms with Crippen molar-refractivity contribution in [2.75, 3.05) is 6.61 Å². The zero-order valence-electron chi connectivity index (χ0n) is 19.5. The minimum atomic E-state index is -3.10. The smallest absolute Gasteiger partial charge is 0.311 e. The maximum absolute atomic E-state index is 14.9. The second-order valence-corrected chi connectivity index (χ2v) is 9.38. The molecule has 2 atom stereocenters. The molecule has 33 heavy (non-hydrogen) atoms. The van der Waals surface area contributed by atoms with Crippen LogP contribution in [-0.4, -0.2) is 23.3 Å². The molecule has 0 N–H and O–H groups in total. The number of carbonyl (C=O) groups is 1. The number of halogens is 2. The van der Waals surface area contributed by atoms with Crippen LogP contribution in [0.3, 0.4) is 0 Å². The number of benzene rings is 1. The van der Waals surface area contributed by atoms with Crippen LogP contribution in [0.25, 0.3) is 0 Å². The molecule has 1 aromatic carbocycles. The average molecular weight is 468 g/mol. The SMILES string of the molecule is CCCC(F)(F)c1cc(OC(=O)CCCO[N+](=O)[O-])c2c(c1)OC(C)(C)C1CC=C(C)CC21. The molecule has 0 spiro atoms. The number of alkyl halides is 2. The first-order valence-electron chi connectivity index (χ1n) is 11.3. The molecule has 0 aromatic heterocycles. The minimum Gasteiger partial charge on any atom is -0.487 e. The van der Waals surface area contributed by atoms with Gasteiger partial charge in [0, 0.05) is 35.8 Å². The number of carbonyl (C=O) groups excluding carboxylic acids is 1. The third kappa shape index (κ3) is 5.62. The molecule has 182 valence electrons. The van der Waals surface area contributed by atoms with Gasteiger partial charge in [0.25, 0.3) is 11.0 Å². The van der Waals surface area contributed by atoms with Gasteiger partial charge in [0.1, 0.15) is 17.1 Å². The molecule has 0 saturated carbocycles. The van der Waals surface area contributed by atoms with Gasteiger partial charge in [0.05, 0.1) is 6.61 Å².